The highest BCUT2D eigenvalue weighted by molar-refractivity contribution is 6.92. The Bertz CT molecular complexity index is 1760. The monoisotopic (exact) mass is 756 g/mol. The summed E-state index contributed by atoms with van der Waals surface area (Å²) in [5, 5.41) is 2.50. The number of hydrogen-bond donors (Lipinski definition) is 0. The fraction of sp³-hybridized carbons (Fsp3) is 0.640. The van der Waals surface area contributed by atoms with Gasteiger partial charge in [0.05, 0.1) is 12.2 Å². The number of benzene rings is 2. The van der Waals surface area contributed by atoms with Gasteiger partial charge in [-0.1, -0.05) is 99.5 Å². The fourth-order valence-electron chi connectivity index (χ4n) is 15.6. The maximum Gasteiger partial charge on any atom is 0.407 e. The lowest BCUT2D eigenvalue weighted by Gasteiger charge is -2.59. The standard InChI is InChI=1S/C50H64O4Si/c1-47-27-23-35(51)31-33(47)15-17-39-41-19-21-45(49(41,3)29-25-43(39)47)53-55(37-11-7-5-8-12-37,38-13-9-6-10-14-38)54-46-22-20-42-40-18-16-34-32-36(52)24-28-48(34,2)44(40)26-30-50(42,46)4/h5-14,31-32,39-46H,15-30H2,1-4H3/t39-,40+,41-,42-,43-,44-,45-,46-,47+,48-,49+,50+/m1/s1. The second kappa shape index (κ2) is 13.2. The molecule has 0 spiro atoms. The Hall–Kier alpha value is -2.60. The van der Waals surface area contributed by atoms with Crippen molar-refractivity contribution in [2.45, 2.75) is 143 Å². The van der Waals surface area contributed by atoms with E-state index in [-0.39, 0.29) is 33.9 Å². The molecule has 12 atom stereocenters. The molecule has 2 aromatic carbocycles. The summed E-state index contributed by atoms with van der Waals surface area (Å²) < 4.78 is 16.2. The summed E-state index contributed by atoms with van der Waals surface area (Å²) >= 11 is 0. The Balaban J connectivity index is 0.984. The van der Waals surface area contributed by atoms with E-state index in [1.165, 1.54) is 72.9 Å². The van der Waals surface area contributed by atoms with Crippen LogP contribution < -0.4 is 10.4 Å². The van der Waals surface area contributed by atoms with Gasteiger partial charge in [0.1, 0.15) is 0 Å². The van der Waals surface area contributed by atoms with Gasteiger partial charge in [-0.25, -0.2) is 0 Å². The van der Waals surface area contributed by atoms with Crippen molar-refractivity contribution in [2.75, 3.05) is 0 Å². The van der Waals surface area contributed by atoms with Crippen LogP contribution in [0.4, 0.5) is 0 Å². The Morgan fingerprint density at radius 2 is 0.909 bits per heavy atom. The van der Waals surface area contributed by atoms with Crippen LogP contribution >= 0.6 is 0 Å². The predicted octanol–water partition coefficient (Wildman–Crippen LogP) is 10.1. The molecule has 0 heterocycles. The van der Waals surface area contributed by atoms with Crippen LogP contribution in [0.15, 0.2) is 84.0 Å². The average molecular weight is 757 g/mol. The van der Waals surface area contributed by atoms with E-state index >= 15 is 0 Å². The lowest BCUT2D eigenvalue weighted by atomic mass is 9.47. The largest absolute Gasteiger partial charge is 0.407 e. The van der Waals surface area contributed by atoms with Crippen LogP contribution in [-0.4, -0.2) is 32.3 Å². The molecular formula is C50H64O4Si. The molecule has 2 aromatic rings. The normalized spacial score (nSPS) is 43.6. The van der Waals surface area contributed by atoms with E-state index < -0.39 is 8.56 Å². The van der Waals surface area contributed by atoms with Crippen molar-refractivity contribution in [3.63, 3.8) is 0 Å². The Morgan fingerprint density at radius 1 is 0.491 bits per heavy atom. The molecule has 0 saturated heterocycles. The van der Waals surface area contributed by atoms with Gasteiger partial charge in [0.15, 0.2) is 11.6 Å². The summed E-state index contributed by atoms with van der Waals surface area (Å²) in [6, 6.07) is 22.4. The van der Waals surface area contributed by atoms with Crippen molar-refractivity contribution < 1.29 is 18.4 Å². The van der Waals surface area contributed by atoms with Gasteiger partial charge in [0.25, 0.3) is 0 Å². The molecule has 4 nitrogen and oxygen atoms in total. The molecule has 0 N–H and O–H groups in total. The van der Waals surface area contributed by atoms with Crippen LogP contribution in [0, 0.1) is 57.2 Å². The van der Waals surface area contributed by atoms with Crippen molar-refractivity contribution in [1.29, 1.82) is 0 Å². The summed E-state index contributed by atoms with van der Waals surface area (Å²) in [5.74, 6) is 4.74. The Kier molecular flexibility index (Phi) is 8.82. The first-order valence-corrected chi connectivity index (χ1v) is 24.2. The predicted molar refractivity (Wildman–Crippen MR) is 221 cm³/mol. The number of carbonyl (C=O) groups is 2. The molecule has 55 heavy (non-hydrogen) atoms. The summed E-state index contributed by atoms with van der Waals surface area (Å²) in [4.78, 5) is 25.0. The molecule has 5 heteroatoms. The zero-order chi connectivity index (χ0) is 37.8. The Morgan fingerprint density at radius 3 is 1.33 bits per heavy atom. The molecule has 8 aliphatic carbocycles. The van der Waals surface area contributed by atoms with Gasteiger partial charge >= 0.3 is 8.56 Å². The van der Waals surface area contributed by atoms with Gasteiger partial charge < -0.3 is 8.85 Å². The second-order valence-corrected chi connectivity index (χ2v) is 23.6. The number of ketones is 2. The first-order chi connectivity index (χ1) is 26.5. The molecule has 0 bridgehead atoms. The smallest absolute Gasteiger partial charge is 0.384 e. The third-order valence-electron chi connectivity index (χ3n) is 18.7. The highest BCUT2D eigenvalue weighted by Crippen LogP contribution is 2.68. The third kappa shape index (κ3) is 5.47. The van der Waals surface area contributed by atoms with Gasteiger partial charge in [-0.2, -0.15) is 0 Å². The zero-order valence-electron chi connectivity index (χ0n) is 34.0. The van der Waals surface area contributed by atoms with E-state index in [1.54, 1.807) is 0 Å². The summed E-state index contributed by atoms with van der Waals surface area (Å²) in [5.41, 5.74) is 3.50. The molecule has 0 aromatic heterocycles. The third-order valence-corrected chi connectivity index (χ3v) is 22.1. The highest BCUT2D eigenvalue weighted by atomic mass is 28.4. The minimum Gasteiger partial charge on any atom is -0.384 e. The average Bonchev–Trinajstić information content (AvgIpc) is 3.71. The molecule has 6 saturated carbocycles. The lowest BCUT2D eigenvalue weighted by molar-refractivity contribution is -0.118. The Labute approximate surface area is 331 Å². The molecule has 0 amide bonds. The number of carbonyl (C=O) groups excluding carboxylic acids is 2. The molecular weight excluding hydrogens is 693 g/mol. The molecule has 10 rings (SSSR count). The molecule has 0 unspecified atom stereocenters. The number of allylic oxidation sites excluding steroid dienone is 2. The first kappa shape index (κ1) is 36.7. The molecule has 0 aliphatic heterocycles. The molecule has 6 fully saturated rings. The van der Waals surface area contributed by atoms with Gasteiger partial charge in [-0.15, -0.1) is 0 Å². The molecule has 292 valence electrons. The SMILES string of the molecule is C[C@]12CC[C@@H]3[C@H](CCC4=CC(=O)CC[C@@]43C)[C@H]1CC[C@H]2O[Si](O[C@@H]1CC[C@@H]2[C@@H]3CCC4=CC(=O)CC[C@@]4(C)[C@@H]3CC[C@@]21C)(c1ccccc1)c1ccccc1. The van der Waals surface area contributed by atoms with Crippen LogP contribution in [0.25, 0.3) is 0 Å². The summed E-state index contributed by atoms with van der Waals surface area (Å²) in [6.45, 7) is 10.2. The van der Waals surface area contributed by atoms with Gasteiger partial charge in [0.2, 0.25) is 0 Å². The van der Waals surface area contributed by atoms with E-state index in [1.807, 2.05) is 12.2 Å². The summed E-state index contributed by atoms with van der Waals surface area (Å²) in [6.07, 6.45) is 22.1. The molecule has 8 aliphatic rings. The second-order valence-electron chi connectivity index (χ2n) is 20.7. The summed E-state index contributed by atoms with van der Waals surface area (Å²) in [7, 11) is -3.21. The van der Waals surface area contributed by atoms with Crippen molar-refractivity contribution in [2.24, 2.45) is 57.2 Å². The maximum atomic E-state index is 12.5. The maximum absolute atomic E-state index is 12.5. The van der Waals surface area contributed by atoms with Gasteiger partial charge in [0, 0.05) is 12.8 Å². The van der Waals surface area contributed by atoms with E-state index in [2.05, 4.69) is 88.4 Å². The van der Waals surface area contributed by atoms with Crippen molar-refractivity contribution in [3.05, 3.63) is 84.0 Å². The van der Waals surface area contributed by atoms with Crippen LogP contribution in [0.3, 0.4) is 0 Å². The first-order valence-electron chi connectivity index (χ1n) is 22.4. The van der Waals surface area contributed by atoms with E-state index in [0.717, 1.165) is 51.4 Å². The van der Waals surface area contributed by atoms with E-state index in [9.17, 15) is 9.59 Å². The van der Waals surface area contributed by atoms with E-state index in [4.69, 9.17) is 8.85 Å². The number of rotatable bonds is 6. The fourth-order valence-corrected chi connectivity index (χ4v) is 19.4. The van der Waals surface area contributed by atoms with Crippen LogP contribution in [-0.2, 0) is 18.4 Å². The van der Waals surface area contributed by atoms with Crippen molar-refractivity contribution in [1.82, 2.24) is 0 Å². The zero-order valence-corrected chi connectivity index (χ0v) is 35.0. The highest BCUT2D eigenvalue weighted by Gasteiger charge is 2.64. The quantitative estimate of drug-likeness (QED) is 0.276. The number of fused-ring (bicyclic) bond motifs is 10. The topological polar surface area (TPSA) is 52.6 Å². The van der Waals surface area contributed by atoms with Gasteiger partial charge in [-0.3, -0.25) is 9.59 Å². The number of hydrogen-bond acceptors (Lipinski definition) is 4. The van der Waals surface area contributed by atoms with Gasteiger partial charge in [-0.05, 0) is 170 Å². The van der Waals surface area contributed by atoms with Crippen LogP contribution in [0.1, 0.15) is 130 Å². The van der Waals surface area contributed by atoms with Crippen molar-refractivity contribution in [3.8, 4) is 0 Å². The van der Waals surface area contributed by atoms with Crippen molar-refractivity contribution >= 4 is 30.5 Å². The minimum absolute atomic E-state index is 0.110. The minimum atomic E-state index is -3.21. The lowest BCUT2D eigenvalue weighted by Crippen LogP contribution is -2.68. The van der Waals surface area contributed by atoms with Crippen LogP contribution in [0.5, 0.6) is 0 Å². The van der Waals surface area contributed by atoms with Crippen LogP contribution in [0.2, 0.25) is 0 Å². The molecule has 0 radical (unpaired) electrons. The van der Waals surface area contributed by atoms with E-state index in [0.29, 0.717) is 47.1 Å².